The molecule has 2 aliphatic heterocycles. The Balaban J connectivity index is 1.13. The molecule has 5 heteroatoms. The predicted molar refractivity (Wildman–Crippen MR) is 358 cm³/mol. The van der Waals surface area contributed by atoms with Crippen LogP contribution in [0.4, 0.5) is 50.5 Å². The van der Waals surface area contributed by atoms with E-state index >= 15 is 0 Å². The van der Waals surface area contributed by atoms with Crippen LogP contribution in [-0.2, 0) is 37.9 Å². The zero-order valence-electron chi connectivity index (χ0n) is 51.6. The van der Waals surface area contributed by atoms with Gasteiger partial charge in [-0.1, -0.05) is 175 Å². The van der Waals surface area contributed by atoms with Gasteiger partial charge in [-0.3, -0.25) is 0 Å². The molecule has 0 unspecified atom stereocenters. The first-order chi connectivity index (χ1) is 39.4. The Kier molecular flexibility index (Phi) is 11.4. The van der Waals surface area contributed by atoms with E-state index in [1.165, 1.54) is 131 Å². The quantitative estimate of drug-likeness (QED) is 0.154. The summed E-state index contributed by atoms with van der Waals surface area (Å²) in [4.78, 5) is 8.05. The highest BCUT2D eigenvalue weighted by atomic mass is 32.1. The molecule has 0 atom stereocenters. The van der Waals surface area contributed by atoms with Crippen molar-refractivity contribution in [3.8, 4) is 11.1 Å². The van der Waals surface area contributed by atoms with E-state index in [-0.39, 0.29) is 44.6 Å². The van der Waals surface area contributed by atoms with E-state index in [0.717, 1.165) is 36.3 Å². The van der Waals surface area contributed by atoms with E-state index in [9.17, 15) is 0 Å². The third-order valence-electron chi connectivity index (χ3n) is 22.1. The molecule has 1 aromatic heterocycles. The lowest BCUT2D eigenvalue weighted by atomic mass is 9.33. The monoisotopic (exact) mass is 1100 g/mol. The first kappa shape index (κ1) is 52.9. The predicted octanol–water partition coefficient (Wildman–Crippen LogP) is 20.2. The second-order valence-electron chi connectivity index (χ2n) is 30.4. The summed E-state index contributed by atoms with van der Waals surface area (Å²) in [5.74, 6) is 0. The number of fused-ring (bicyclic) bond motifs is 10. The van der Waals surface area contributed by atoms with Crippen LogP contribution in [0.25, 0.3) is 21.2 Å². The van der Waals surface area contributed by atoms with Gasteiger partial charge < -0.3 is 14.7 Å². The van der Waals surface area contributed by atoms with E-state index in [1.807, 2.05) is 0 Å². The molecule has 0 amide bonds. The second kappa shape index (κ2) is 17.9. The third-order valence-corrected chi connectivity index (χ3v) is 23.3. The smallest absolute Gasteiger partial charge is 0.254 e. The van der Waals surface area contributed by atoms with Crippen LogP contribution in [0.3, 0.4) is 0 Å². The number of benzene rings is 8. The molecule has 1 saturated carbocycles. The largest absolute Gasteiger partial charge is 0.311 e. The molecule has 8 aromatic carbocycles. The molecule has 0 radical (unpaired) electrons. The normalized spacial score (nSPS) is 21.8. The average molecular weight is 1100 g/mol. The maximum Gasteiger partial charge on any atom is 0.254 e. The Morgan fingerprint density at radius 2 is 0.940 bits per heavy atom. The molecule has 7 aliphatic rings. The van der Waals surface area contributed by atoms with Crippen LogP contribution in [0.2, 0.25) is 0 Å². The molecule has 2 bridgehead atoms. The molecular weight excluding hydrogens is 1020 g/mol. The second-order valence-corrected chi connectivity index (χ2v) is 31.4. The standard InChI is InChI=1S/C78H82BN3S/c1-72(2,3)50-29-32-64-63(41-50)79-69-56-46-61-62(78(13)39-37-77(61,12)38-40-78)48-68(56)83-71(69)81(53-30-31-57-58(42-53)74(6,7)34-33-73(57,4)5)66-43-54(80(51-25-19-15-20-26-51)52-27-21-16-22-28-52)44-67(70(66)79)82(64)65-47-60-59(75(8,9)35-36-76(60,10)11)45-55(65)49-23-17-14-18-24-49/h14-32,41-48H,33-40H2,1-13H3. The van der Waals surface area contributed by atoms with Crippen LogP contribution < -0.4 is 31.1 Å². The Morgan fingerprint density at radius 3 is 1.52 bits per heavy atom. The van der Waals surface area contributed by atoms with Crippen LogP contribution in [0.1, 0.15) is 180 Å². The summed E-state index contributed by atoms with van der Waals surface area (Å²) in [6.07, 6.45) is 9.67. The lowest BCUT2D eigenvalue weighted by Gasteiger charge is -2.52. The van der Waals surface area contributed by atoms with Gasteiger partial charge >= 0.3 is 0 Å². The van der Waals surface area contributed by atoms with Crippen molar-refractivity contribution >= 4 is 95.0 Å². The van der Waals surface area contributed by atoms with Gasteiger partial charge in [0.15, 0.2) is 0 Å². The van der Waals surface area contributed by atoms with E-state index in [1.54, 1.807) is 11.1 Å². The Morgan fingerprint density at radius 1 is 0.422 bits per heavy atom. The van der Waals surface area contributed by atoms with Crippen molar-refractivity contribution in [2.75, 3.05) is 14.7 Å². The topological polar surface area (TPSA) is 9.72 Å². The van der Waals surface area contributed by atoms with Gasteiger partial charge in [0.05, 0.1) is 16.4 Å². The van der Waals surface area contributed by atoms with Gasteiger partial charge in [0.2, 0.25) is 0 Å². The summed E-state index contributed by atoms with van der Waals surface area (Å²) in [5, 5.41) is 2.79. The van der Waals surface area contributed by atoms with Gasteiger partial charge in [0.25, 0.3) is 6.71 Å². The molecule has 418 valence electrons. The summed E-state index contributed by atoms with van der Waals surface area (Å²) in [7, 11) is 0. The van der Waals surface area contributed by atoms with Crippen LogP contribution in [0, 0.1) is 0 Å². The molecule has 5 aliphatic carbocycles. The van der Waals surface area contributed by atoms with Crippen molar-refractivity contribution in [2.45, 2.75) is 179 Å². The minimum Gasteiger partial charge on any atom is -0.311 e. The molecule has 0 spiro atoms. The fourth-order valence-corrected chi connectivity index (χ4v) is 17.8. The van der Waals surface area contributed by atoms with E-state index in [4.69, 9.17) is 0 Å². The average Bonchev–Trinajstić information content (AvgIpc) is 1.75. The minimum absolute atomic E-state index is 0.0197. The van der Waals surface area contributed by atoms with Crippen LogP contribution in [-0.4, -0.2) is 6.71 Å². The lowest BCUT2D eigenvalue weighted by Crippen LogP contribution is -2.61. The van der Waals surface area contributed by atoms with Crippen molar-refractivity contribution in [2.24, 2.45) is 0 Å². The van der Waals surface area contributed by atoms with Crippen molar-refractivity contribution in [3.05, 3.63) is 203 Å². The lowest BCUT2D eigenvalue weighted by molar-refractivity contribution is 0.188. The molecule has 0 N–H and O–H groups in total. The summed E-state index contributed by atoms with van der Waals surface area (Å²) in [5.41, 5.74) is 27.3. The highest BCUT2D eigenvalue weighted by molar-refractivity contribution is 7.26. The van der Waals surface area contributed by atoms with Gasteiger partial charge in [-0.15, -0.1) is 11.3 Å². The molecule has 16 rings (SSSR count). The van der Waals surface area contributed by atoms with Gasteiger partial charge in [0.1, 0.15) is 0 Å². The summed E-state index contributed by atoms with van der Waals surface area (Å²) in [6.45, 7) is 32.2. The van der Waals surface area contributed by atoms with Gasteiger partial charge in [0, 0.05) is 44.4 Å². The van der Waals surface area contributed by atoms with Crippen molar-refractivity contribution in [1.29, 1.82) is 0 Å². The van der Waals surface area contributed by atoms with E-state index < -0.39 is 0 Å². The van der Waals surface area contributed by atoms with Crippen molar-refractivity contribution < 1.29 is 0 Å². The first-order valence-corrected chi connectivity index (χ1v) is 32.1. The fourth-order valence-electron chi connectivity index (χ4n) is 16.5. The van der Waals surface area contributed by atoms with Crippen molar-refractivity contribution in [1.82, 2.24) is 0 Å². The van der Waals surface area contributed by atoms with Crippen LogP contribution in [0.15, 0.2) is 164 Å². The zero-order valence-corrected chi connectivity index (χ0v) is 52.4. The fraction of sp³-hybridized carbons (Fsp3) is 0.359. The maximum atomic E-state index is 2.77. The highest BCUT2D eigenvalue weighted by Crippen LogP contribution is 2.60. The molecule has 3 heterocycles. The number of hydrogen-bond acceptors (Lipinski definition) is 4. The first-order valence-electron chi connectivity index (χ1n) is 31.3. The Bertz CT molecular complexity index is 4090. The van der Waals surface area contributed by atoms with E-state index in [0.29, 0.717) is 0 Å². The van der Waals surface area contributed by atoms with Crippen molar-refractivity contribution in [3.63, 3.8) is 0 Å². The van der Waals surface area contributed by atoms with Gasteiger partial charge in [-0.2, -0.15) is 0 Å². The molecular formula is C78H82BN3S. The maximum absolute atomic E-state index is 2.77. The zero-order chi connectivity index (χ0) is 57.5. The Labute approximate surface area is 499 Å². The summed E-state index contributed by atoms with van der Waals surface area (Å²) < 4.78 is 1.42. The highest BCUT2D eigenvalue weighted by Gasteiger charge is 2.51. The minimum atomic E-state index is -0.0817. The SMILES string of the molecule is CC(C)(C)c1ccc2c(c1)B1c3c(cc(N(c4ccccc4)c4ccccc4)cc3N(c3ccc4c(c3)C(C)(C)CCC4(C)C)c3sc4cc5c(cc4c31)C1(C)CCC5(C)CC1)N2c1cc2c(cc1-c1ccccc1)C(C)(C)CCC2(C)C. The molecule has 9 aromatic rings. The molecule has 83 heavy (non-hydrogen) atoms. The summed E-state index contributed by atoms with van der Waals surface area (Å²) >= 11 is 2.05. The third kappa shape index (κ3) is 7.94. The van der Waals surface area contributed by atoms with Gasteiger partial charge in [-0.05, 0) is 234 Å². The van der Waals surface area contributed by atoms with E-state index in [2.05, 4.69) is 280 Å². The van der Waals surface area contributed by atoms with Crippen LogP contribution in [0.5, 0.6) is 0 Å². The molecule has 3 nitrogen and oxygen atoms in total. The van der Waals surface area contributed by atoms with Crippen LogP contribution >= 0.6 is 11.3 Å². The number of hydrogen-bond donors (Lipinski definition) is 0. The number of thiophene rings is 1. The molecule has 1 fully saturated rings. The number of para-hydroxylation sites is 2. The number of anilines is 9. The number of rotatable bonds is 6. The number of nitrogens with zero attached hydrogens (tertiary/aromatic N) is 3. The molecule has 0 saturated heterocycles. The summed E-state index contributed by atoms with van der Waals surface area (Å²) in [6, 6.07) is 64.8. The Hall–Kier alpha value is -6.82. The van der Waals surface area contributed by atoms with Gasteiger partial charge in [-0.25, -0.2) is 0 Å².